The highest BCUT2D eigenvalue weighted by molar-refractivity contribution is 6.06. The van der Waals surface area contributed by atoms with Crippen molar-refractivity contribution < 1.29 is 14.3 Å². The fraction of sp³-hybridized carbons (Fsp3) is 0.259. The highest BCUT2D eigenvalue weighted by Gasteiger charge is 2.42. The fourth-order valence-electron chi connectivity index (χ4n) is 4.26. The first-order valence-corrected chi connectivity index (χ1v) is 11.0. The van der Waals surface area contributed by atoms with Gasteiger partial charge in [0.05, 0.1) is 22.7 Å². The van der Waals surface area contributed by atoms with Crippen molar-refractivity contribution in [3.05, 3.63) is 102 Å². The van der Waals surface area contributed by atoms with Crippen molar-refractivity contribution in [2.75, 3.05) is 18.5 Å². The average Bonchev–Trinajstić information content (AvgIpc) is 2.85. The van der Waals surface area contributed by atoms with Gasteiger partial charge in [0.25, 0.3) is 5.91 Å². The van der Waals surface area contributed by atoms with Crippen LogP contribution in [0.15, 0.2) is 84.9 Å². The lowest BCUT2D eigenvalue weighted by atomic mass is 9.73. The Kier molecular flexibility index (Phi) is 6.66. The molecule has 2 N–H and O–H groups in total. The normalized spacial score (nSPS) is 16.0. The molecule has 5 nitrogen and oxygen atoms in total. The fourth-order valence-corrected chi connectivity index (χ4v) is 4.26. The lowest BCUT2D eigenvalue weighted by Gasteiger charge is -2.36. The monoisotopic (exact) mass is 428 g/mol. The Bertz CT molecular complexity index is 1060. The van der Waals surface area contributed by atoms with E-state index >= 15 is 0 Å². The molecule has 0 bridgehead atoms. The van der Waals surface area contributed by atoms with Gasteiger partial charge in [-0.05, 0) is 43.0 Å². The first-order chi connectivity index (χ1) is 15.6. The van der Waals surface area contributed by atoms with E-state index in [-0.39, 0.29) is 17.9 Å². The average molecular weight is 429 g/mol. The molecule has 0 radical (unpaired) electrons. The summed E-state index contributed by atoms with van der Waals surface area (Å²) in [6.45, 7) is 3.00. The van der Waals surface area contributed by atoms with Crippen molar-refractivity contribution in [1.82, 2.24) is 5.32 Å². The van der Waals surface area contributed by atoms with Crippen molar-refractivity contribution in [2.24, 2.45) is 0 Å². The van der Waals surface area contributed by atoms with Crippen LogP contribution >= 0.6 is 0 Å². The summed E-state index contributed by atoms with van der Waals surface area (Å²) in [5.41, 5.74) is 2.27. The van der Waals surface area contributed by atoms with Crippen molar-refractivity contribution in [3.8, 4) is 0 Å². The third-order valence-corrected chi connectivity index (χ3v) is 6.17. The number of amides is 2. The minimum absolute atomic E-state index is 0.108. The van der Waals surface area contributed by atoms with Crippen molar-refractivity contribution >= 4 is 17.5 Å². The molecular formula is C27H28N2O3. The molecule has 3 aromatic carbocycles. The van der Waals surface area contributed by atoms with E-state index in [1.807, 2.05) is 73.7 Å². The highest BCUT2D eigenvalue weighted by atomic mass is 16.5. The van der Waals surface area contributed by atoms with Crippen LogP contribution < -0.4 is 10.6 Å². The zero-order valence-corrected chi connectivity index (χ0v) is 18.2. The summed E-state index contributed by atoms with van der Waals surface area (Å²) in [6, 6.07) is 26.6. The topological polar surface area (TPSA) is 67.4 Å². The van der Waals surface area contributed by atoms with Crippen molar-refractivity contribution in [2.45, 2.75) is 31.2 Å². The number of hydrogen-bond acceptors (Lipinski definition) is 3. The Morgan fingerprint density at radius 1 is 0.844 bits per heavy atom. The molecule has 3 aromatic rings. The van der Waals surface area contributed by atoms with Gasteiger partial charge in [-0.1, -0.05) is 72.8 Å². The van der Waals surface area contributed by atoms with Gasteiger partial charge in [0.1, 0.15) is 0 Å². The maximum Gasteiger partial charge on any atom is 0.253 e. The molecule has 0 aliphatic carbocycles. The van der Waals surface area contributed by atoms with Gasteiger partial charge >= 0.3 is 0 Å². The van der Waals surface area contributed by atoms with E-state index < -0.39 is 5.41 Å². The predicted molar refractivity (Wildman–Crippen MR) is 126 cm³/mol. The van der Waals surface area contributed by atoms with Gasteiger partial charge in [-0.3, -0.25) is 9.59 Å². The van der Waals surface area contributed by atoms with Crippen LogP contribution in [0.5, 0.6) is 0 Å². The molecule has 0 aromatic heterocycles. The molecule has 1 heterocycles. The van der Waals surface area contributed by atoms with Crippen molar-refractivity contribution in [1.29, 1.82) is 0 Å². The summed E-state index contributed by atoms with van der Waals surface area (Å²) >= 11 is 0. The van der Waals surface area contributed by atoms with Gasteiger partial charge in [-0.15, -0.1) is 0 Å². The van der Waals surface area contributed by atoms with Crippen LogP contribution in [0.2, 0.25) is 0 Å². The largest absolute Gasteiger partial charge is 0.381 e. The lowest BCUT2D eigenvalue weighted by molar-refractivity contribution is -0.125. The maximum atomic E-state index is 13.6. The maximum absolute atomic E-state index is 13.6. The van der Waals surface area contributed by atoms with Gasteiger partial charge in [0.15, 0.2) is 0 Å². The molecule has 2 amide bonds. The Labute approximate surface area is 188 Å². The van der Waals surface area contributed by atoms with E-state index in [0.717, 1.165) is 11.1 Å². The smallest absolute Gasteiger partial charge is 0.253 e. The van der Waals surface area contributed by atoms with Gasteiger partial charge < -0.3 is 15.4 Å². The Morgan fingerprint density at radius 3 is 2.12 bits per heavy atom. The van der Waals surface area contributed by atoms with E-state index in [1.165, 1.54) is 0 Å². The molecule has 1 fully saturated rings. The Morgan fingerprint density at radius 2 is 1.44 bits per heavy atom. The van der Waals surface area contributed by atoms with Crippen LogP contribution in [0.25, 0.3) is 0 Å². The Hall–Kier alpha value is -3.44. The third kappa shape index (κ3) is 4.58. The van der Waals surface area contributed by atoms with E-state index in [1.54, 1.807) is 18.2 Å². The molecule has 32 heavy (non-hydrogen) atoms. The summed E-state index contributed by atoms with van der Waals surface area (Å²) in [5.74, 6) is -0.332. The number of anilines is 1. The van der Waals surface area contributed by atoms with Crippen molar-refractivity contribution in [3.63, 3.8) is 0 Å². The molecule has 164 valence electrons. The molecule has 5 heteroatoms. The van der Waals surface area contributed by atoms with Crippen LogP contribution in [0, 0.1) is 0 Å². The quantitative estimate of drug-likeness (QED) is 0.589. The summed E-state index contributed by atoms with van der Waals surface area (Å²) in [4.78, 5) is 26.7. The standard InChI is InChI=1S/C27H28N2O3/c1-20(21-10-4-2-5-11-21)28-25(30)23-14-8-9-15-24(23)29-26(31)27(16-18-32-19-17-27)22-12-6-3-7-13-22/h2-15,20H,16-19H2,1H3,(H,28,30)(H,29,31)/t20-/m0/s1. The summed E-state index contributed by atoms with van der Waals surface area (Å²) < 4.78 is 5.55. The molecule has 1 aliphatic heterocycles. The first kappa shape index (κ1) is 21.8. The second-order valence-electron chi connectivity index (χ2n) is 8.17. The van der Waals surface area contributed by atoms with Crippen LogP contribution in [-0.2, 0) is 14.9 Å². The third-order valence-electron chi connectivity index (χ3n) is 6.17. The number of carbonyl (C=O) groups is 2. The van der Waals surface area contributed by atoms with E-state index in [9.17, 15) is 9.59 Å². The van der Waals surface area contributed by atoms with Crippen LogP contribution in [-0.4, -0.2) is 25.0 Å². The van der Waals surface area contributed by atoms with E-state index in [4.69, 9.17) is 4.74 Å². The lowest BCUT2D eigenvalue weighted by Crippen LogP contribution is -2.45. The first-order valence-electron chi connectivity index (χ1n) is 11.0. The van der Waals surface area contributed by atoms with Crippen LogP contribution in [0.3, 0.4) is 0 Å². The van der Waals surface area contributed by atoms with Gasteiger partial charge in [0.2, 0.25) is 5.91 Å². The minimum Gasteiger partial charge on any atom is -0.381 e. The number of benzene rings is 3. The zero-order valence-electron chi connectivity index (χ0n) is 18.2. The molecule has 4 rings (SSSR count). The van der Waals surface area contributed by atoms with Gasteiger partial charge in [0, 0.05) is 13.2 Å². The van der Waals surface area contributed by atoms with E-state index in [0.29, 0.717) is 37.3 Å². The second-order valence-corrected chi connectivity index (χ2v) is 8.17. The molecule has 0 unspecified atom stereocenters. The summed E-state index contributed by atoms with van der Waals surface area (Å²) in [6.07, 6.45) is 1.20. The molecule has 0 spiro atoms. The number of para-hydroxylation sites is 1. The second kappa shape index (κ2) is 9.79. The summed E-state index contributed by atoms with van der Waals surface area (Å²) in [7, 11) is 0. The summed E-state index contributed by atoms with van der Waals surface area (Å²) in [5, 5.41) is 6.09. The van der Waals surface area contributed by atoms with Crippen LogP contribution in [0.1, 0.15) is 47.3 Å². The number of nitrogens with one attached hydrogen (secondary N) is 2. The molecule has 1 aliphatic rings. The van der Waals surface area contributed by atoms with Gasteiger partial charge in [-0.25, -0.2) is 0 Å². The molecule has 1 saturated heterocycles. The highest BCUT2D eigenvalue weighted by Crippen LogP contribution is 2.36. The SMILES string of the molecule is C[C@H](NC(=O)c1ccccc1NC(=O)C1(c2ccccc2)CCOCC1)c1ccccc1. The number of hydrogen-bond donors (Lipinski definition) is 2. The zero-order chi connectivity index (χ0) is 22.4. The number of rotatable bonds is 6. The van der Waals surface area contributed by atoms with Crippen LogP contribution in [0.4, 0.5) is 5.69 Å². The predicted octanol–water partition coefficient (Wildman–Crippen LogP) is 4.86. The molecule has 0 saturated carbocycles. The minimum atomic E-state index is -0.680. The van der Waals surface area contributed by atoms with E-state index in [2.05, 4.69) is 10.6 Å². The van der Waals surface area contributed by atoms with Gasteiger partial charge in [-0.2, -0.15) is 0 Å². The Balaban J connectivity index is 1.57. The molecule has 1 atom stereocenters. The molecular weight excluding hydrogens is 400 g/mol. The number of ether oxygens (including phenoxy) is 1. The number of carbonyl (C=O) groups excluding carboxylic acids is 2.